The summed E-state index contributed by atoms with van der Waals surface area (Å²) in [5.74, 6) is 0.634. The Labute approximate surface area is 113 Å². The zero-order valence-electron chi connectivity index (χ0n) is 11.2. The molecule has 0 aliphatic carbocycles. The molecule has 1 heterocycles. The van der Waals surface area contributed by atoms with Crippen molar-refractivity contribution < 1.29 is 9.53 Å². The fraction of sp³-hybridized carbons (Fsp3) is 0.500. The molecule has 1 aromatic carbocycles. The normalized spacial score (nSPS) is 15.4. The third-order valence-electron chi connectivity index (χ3n) is 3.02. The van der Waals surface area contributed by atoms with Crippen molar-refractivity contribution in [3.05, 3.63) is 23.8 Å². The van der Waals surface area contributed by atoms with E-state index < -0.39 is 0 Å². The molecule has 0 fully saturated rings. The van der Waals surface area contributed by atoms with Gasteiger partial charge in [0.15, 0.2) is 6.61 Å². The van der Waals surface area contributed by atoms with Gasteiger partial charge in [-0.15, -0.1) is 0 Å². The Hall–Kier alpha value is -1.59. The Morgan fingerprint density at radius 2 is 2.37 bits per heavy atom. The summed E-state index contributed by atoms with van der Waals surface area (Å²) < 4.78 is 5.31. The number of hydrogen-bond donors (Lipinski definition) is 3. The third-order valence-corrected chi connectivity index (χ3v) is 3.02. The maximum absolute atomic E-state index is 11.2. The summed E-state index contributed by atoms with van der Waals surface area (Å²) in [5, 5.41) is 6.17. The zero-order chi connectivity index (χ0) is 13.7. The molecule has 0 aromatic heterocycles. The molecule has 0 bridgehead atoms. The lowest BCUT2D eigenvalue weighted by atomic mass is 10.1. The van der Waals surface area contributed by atoms with Crippen LogP contribution in [-0.4, -0.2) is 25.1 Å². The first kappa shape index (κ1) is 13.8. The molecular weight excluding hydrogens is 242 g/mol. The van der Waals surface area contributed by atoms with E-state index in [1.165, 1.54) is 0 Å². The Morgan fingerprint density at radius 1 is 1.53 bits per heavy atom. The van der Waals surface area contributed by atoms with E-state index in [1.54, 1.807) is 0 Å². The Balaban J connectivity index is 1.81. The van der Waals surface area contributed by atoms with E-state index in [-0.39, 0.29) is 18.6 Å². The lowest BCUT2D eigenvalue weighted by Crippen LogP contribution is -2.25. The van der Waals surface area contributed by atoms with Crippen LogP contribution in [0.2, 0.25) is 0 Å². The van der Waals surface area contributed by atoms with E-state index in [9.17, 15) is 4.79 Å². The van der Waals surface area contributed by atoms with Crippen LogP contribution in [0.4, 0.5) is 5.69 Å². The van der Waals surface area contributed by atoms with Gasteiger partial charge < -0.3 is 21.1 Å². The molecule has 1 aromatic rings. The van der Waals surface area contributed by atoms with Crippen molar-refractivity contribution in [2.45, 2.75) is 32.4 Å². The highest BCUT2D eigenvalue weighted by molar-refractivity contribution is 5.95. The van der Waals surface area contributed by atoms with Crippen molar-refractivity contribution in [1.29, 1.82) is 0 Å². The second-order valence-corrected chi connectivity index (χ2v) is 4.96. The van der Waals surface area contributed by atoms with Gasteiger partial charge in [-0.1, -0.05) is 6.07 Å². The van der Waals surface area contributed by atoms with Crippen molar-refractivity contribution >= 4 is 11.6 Å². The molecule has 19 heavy (non-hydrogen) atoms. The Bertz CT molecular complexity index is 446. The molecule has 1 aliphatic heterocycles. The second kappa shape index (κ2) is 6.54. The number of nitrogens with one attached hydrogen (secondary N) is 2. The van der Waals surface area contributed by atoms with Gasteiger partial charge in [-0.05, 0) is 44.0 Å². The molecule has 0 saturated carbocycles. The summed E-state index contributed by atoms with van der Waals surface area (Å²) in [6.07, 6.45) is 2.10. The van der Waals surface area contributed by atoms with Gasteiger partial charge in [0.2, 0.25) is 0 Å². The maximum Gasteiger partial charge on any atom is 0.262 e. The van der Waals surface area contributed by atoms with E-state index in [1.807, 2.05) is 25.1 Å². The van der Waals surface area contributed by atoms with Gasteiger partial charge in [0.25, 0.3) is 5.91 Å². The number of benzene rings is 1. The highest BCUT2D eigenvalue weighted by atomic mass is 16.5. The van der Waals surface area contributed by atoms with Crippen LogP contribution in [0, 0.1) is 0 Å². The van der Waals surface area contributed by atoms with Gasteiger partial charge in [0.1, 0.15) is 5.75 Å². The predicted molar refractivity (Wildman–Crippen MR) is 75.2 cm³/mol. The lowest BCUT2D eigenvalue weighted by Gasteiger charge is -2.18. The summed E-state index contributed by atoms with van der Waals surface area (Å²) >= 11 is 0. The average molecular weight is 263 g/mol. The zero-order valence-corrected chi connectivity index (χ0v) is 11.2. The molecule has 1 unspecified atom stereocenters. The van der Waals surface area contributed by atoms with Crippen molar-refractivity contribution in [3.63, 3.8) is 0 Å². The number of rotatable bonds is 6. The SMILES string of the molecule is CC(N)CCCNCc1ccc2c(c1)NC(=O)CO2. The summed E-state index contributed by atoms with van der Waals surface area (Å²) in [4.78, 5) is 11.2. The smallest absolute Gasteiger partial charge is 0.262 e. The summed E-state index contributed by atoms with van der Waals surface area (Å²) in [6.45, 7) is 3.84. The van der Waals surface area contributed by atoms with Crippen LogP contribution >= 0.6 is 0 Å². The molecule has 0 radical (unpaired) electrons. The van der Waals surface area contributed by atoms with Crippen LogP contribution < -0.4 is 21.1 Å². The highest BCUT2D eigenvalue weighted by Crippen LogP contribution is 2.28. The van der Waals surface area contributed by atoms with Gasteiger partial charge >= 0.3 is 0 Å². The third kappa shape index (κ3) is 4.22. The number of amides is 1. The van der Waals surface area contributed by atoms with Crippen LogP contribution in [0.1, 0.15) is 25.3 Å². The number of nitrogens with two attached hydrogens (primary N) is 1. The van der Waals surface area contributed by atoms with E-state index >= 15 is 0 Å². The van der Waals surface area contributed by atoms with Crippen molar-refractivity contribution in [1.82, 2.24) is 5.32 Å². The first-order valence-electron chi connectivity index (χ1n) is 6.67. The van der Waals surface area contributed by atoms with Crippen molar-refractivity contribution in [2.75, 3.05) is 18.5 Å². The summed E-state index contributed by atoms with van der Waals surface area (Å²) in [5.41, 5.74) is 7.58. The van der Waals surface area contributed by atoms with E-state index in [2.05, 4.69) is 10.6 Å². The van der Waals surface area contributed by atoms with E-state index in [0.717, 1.165) is 42.9 Å². The molecule has 1 amide bonds. The minimum Gasteiger partial charge on any atom is -0.482 e. The van der Waals surface area contributed by atoms with Crippen LogP contribution in [0.25, 0.3) is 0 Å². The second-order valence-electron chi connectivity index (χ2n) is 4.96. The van der Waals surface area contributed by atoms with Crippen molar-refractivity contribution in [3.8, 4) is 5.75 Å². The molecule has 0 saturated heterocycles. The quantitative estimate of drug-likeness (QED) is 0.675. The average Bonchev–Trinajstić information content (AvgIpc) is 2.37. The van der Waals surface area contributed by atoms with Crippen LogP contribution in [0.3, 0.4) is 0 Å². The van der Waals surface area contributed by atoms with Gasteiger partial charge in [-0.25, -0.2) is 0 Å². The minimum absolute atomic E-state index is 0.0991. The fourth-order valence-corrected chi connectivity index (χ4v) is 2.02. The van der Waals surface area contributed by atoms with E-state index in [4.69, 9.17) is 10.5 Å². The largest absolute Gasteiger partial charge is 0.482 e. The van der Waals surface area contributed by atoms with Crippen LogP contribution in [0.5, 0.6) is 5.75 Å². The first-order valence-corrected chi connectivity index (χ1v) is 6.67. The molecule has 5 nitrogen and oxygen atoms in total. The number of carbonyl (C=O) groups excluding carboxylic acids is 1. The summed E-state index contributed by atoms with van der Waals surface area (Å²) in [7, 11) is 0. The molecule has 4 N–H and O–H groups in total. The monoisotopic (exact) mass is 263 g/mol. The van der Waals surface area contributed by atoms with E-state index in [0.29, 0.717) is 0 Å². The molecule has 5 heteroatoms. The van der Waals surface area contributed by atoms with Gasteiger partial charge in [0, 0.05) is 12.6 Å². The molecular formula is C14H21N3O2. The number of fused-ring (bicyclic) bond motifs is 1. The molecule has 0 spiro atoms. The summed E-state index contributed by atoms with van der Waals surface area (Å²) in [6, 6.07) is 6.12. The van der Waals surface area contributed by atoms with Crippen molar-refractivity contribution in [2.24, 2.45) is 5.73 Å². The number of ether oxygens (including phenoxy) is 1. The molecule has 1 aliphatic rings. The van der Waals surface area contributed by atoms with Gasteiger partial charge in [0.05, 0.1) is 5.69 Å². The predicted octanol–water partition coefficient (Wildman–Crippen LogP) is 1.23. The fourth-order valence-electron chi connectivity index (χ4n) is 2.02. The first-order chi connectivity index (χ1) is 9.15. The number of anilines is 1. The van der Waals surface area contributed by atoms with Gasteiger partial charge in [-0.2, -0.15) is 0 Å². The molecule has 2 rings (SSSR count). The lowest BCUT2D eigenvalue weighted by molar-refractivity contribution is -0.118. The van der Waals surface area contributed by atoms with Crippen LogP contribution in [-0.2, 0) is 11.3 Å². The number of hydrogen-bond acceptors (Lipinski definition) is 4. The molecule has 104 valence electrons. The molecule has 1 atom stereocenters. The standard InChI is InChI=1S/C14H21N3O2/c1-10(15)3-2-6-16-8-11-4-5-13-12(7-11)17-14(18)9-19-13/h4-5,7,10,16H,2-3,6,8-9,15H2,1H3,(H,17,18). The van der Waals surface area contributed by atoms with Gasteiger partial charge in [-0.3, -0.25) is 4.79 Å². The Kier molecular flexibility index (Phi) is 4.76. The van der Waals surface area contributed by atoms with Crippen LogP contribution in [0.15, 0.2) is 18.2 Å². The number of carbonyl (C=O) groups is 1. The topological polar surface area (TPSA) is 76.4 Å². The maximum atomic E-state index is 11.2. The highest BCUT2D eigenvalue weighted by Gasteiger charge is 2.15. The minimum atomic E-state index is -0.102. The Morgan fingerprint density at radius 3 is 3.16 bits per heavy atom.